The molecular formula is C22H20N2O4. The molecule has 0 spiro atoms. The van der Waals surface area contributed by atoms with Crippen molar-refractivity contribution in [3.63, 3.8) is 0 Å². The summed E-state index contributed by atoms with van der Waals surface area (Å²) in [5, 5.41) is 3.57. The van der Waals surface area contributed by atoms with Gasteiger partial charge in [0.1, 0.15) is 11.1 Å². The van der Waals surface area contributed by atoms with Crippen molar-refractivity contribution in [1.82, 2.24) is 10.2 Å². The highest BCUT2D eigenvalue weighted by Crippen LogP contribution is 2.33. The number of hydrogen-bond acceptors (Lipinski definition) is 4. The first-order valence-corrected chi connectivity index (χ1v) is 9.17. The van der Waals surface area contributed by atoms with Crippen LogP contribution in [-0.2, 0) is 16.9 Å². The highest BCUT2D eigenvalue weighted by molar-refractivity contribution is 6.07. The van der Waals surface area contributed by atoms with Crippen LogP contribution in [-0.4, -0.2) is 16.8 Å². The van der Waals surface area contributed by atoms with Gasteiger partial charge in [-0.3, -0.25) is 9.69 Å². The summed E-state index contributed by atoms with van der Waals surface area (Å²) in [6.45, 7) is 3.77. The van der Waals surface area contributed by atoms with Gasteiger partial charge < -0.3 is 9.73 Å². The van der Waals surface area contributed by atoms with Gasteiger partial charge in [0.2, 0.25) is 0 Å². The van der Waals surface area contributed by atoms with E-state index in [1.807, 2.05) is 56.3 Å². The number of rotatable bonds is 4. The van der Waals surface area contributed by atoms with Gasteiger partial charge in [-0.1, -0.05) is 49.4 Å². The number of nitrogens with one attached hydrogen (secondary N) is 1. The summed E-state index contributed by atoms with van der Waals surface area (Å²) in [5.41, 5.74) is 1.12. The monoisotopic (exact) mass is 376 g/mol. The van der Waals surface area contributed by atoms with Crippen molar-refractivity contribution in [2.24, 2.45) is 0 Å². The molecule has 3 aromatic rings. The molecule has 1 fully saturated rings. The van der Waals surface area contributed by atoms with Crippen molar-refractivity contribution in [3.8, 4) is 0 Å². The third-order valence-electron chi connectivity index (χ3n) is 5.29. The van der Waals surface area contributed by atoms with Gasteiger partial charge in [0.25, 0.3) is 5.91 Å². The number of hydrogen-bond donors (Lipinski definition) is 1. The number of benzene rings is 2. The topological polar surface area (TPSA) is 79.6 Å². The standard InChI is InChI=1S/C22H20N2O4/c1-3-22(16-7-5-4-6-8-16)20(26)24(21(27)23-22)13-15-12-19(25)28-18-11-14(2)9-10-17(15)18/h4-12H,3,13H2,1-2H3,(H,23,27). The van der Waals surface area contributed by atoms with Gasteiger partial charge in [-0.15, -0.1) is 0 Å². The summed E-state index contributed by atoms with van der Waals surface area (Å²) in [6.07, 6.45) is 0.426. The first-order valence-electron chi connectivity index (χ1n) is 9.17. The van der Waals surface area contributed by atoms with Crippen molar-refractivity contribution in [2.75, 3.05) is 0 Å². The van der Waals surface area contributed by atoms with Gasteiger partial charge in [0.05, 0.1) is 6.54 Å². The maximum Gasteiger partial charge on any atom is 0.336 e. The van der Waals surface area contributed by atoms with Crippen molar-refractivity contribution in [3.05, 3.63) is 81.7 Å². The Balaban J connectivity index is 1.75. The number of fused-ring (bicyclic) bond motifs is 1. The fourth-order valence-corrected chi connectivity index (χ4v) is 3.77. The lowest BCUT2D eigenvalue weighted by Gasteiger charge is -2.25. The van der Waals surface area contributed by atoms with Crippen molar-refractivity contribution in [1.29, 1.82) is 0 Å². The first kappa shape index (κ1) is 18.0. The SMILES string of the molecule is CCC1(c2ccccc2)NC(=O)N(Cc2cc(=O)oc3cc(C)ccc23)C1=O. The van der Waals surface area contributed by atoms with E-state index in [4.69, 9.17) is 4.42 Å². The Kier molecular flexibility index (Phi) is 4.26. The van der Waals surface area contributed by atoms with Gasteiger partial charge in [-0.2, -0.15) is 0 Å². The highest BCUT2D eigenvalue weighted by atomic mass is 16.4. The molecule has 0 bridgehead atoms. The molecule has 0 radical (unpaired) electrons. The Morgan fingerprint density at radius 2 is 1.79 bits per heavy atom. The zero-order valence-electron chi connectivity index (χ0n) is 15.7. The van der Waals surface area contributed by atoms with Gasteiger partial charge in [-0.05, 0) is 36.1 Å². The largest absolute Gasteiger partial charge is 0.423 e. The van der Waals surface area contributed by atoms with Crippen LogP contribution >= 0.6 is 0 Å². The van der Waals surface area contributed by atoms with E-state index in [1.165, 1.54) is 11.0 Å². The number of imide groups is 1. The number of carbonyl (C=O) groups excluding carboxylic acids is 2. The molecule has 1 unspecified atom stereocenters. The fourth-order valence-electron chi connectivity index (χ4n) is 3.77. The second-order valence-electron chi connectivity index (χ2n) is 7.04. The van der Waals surface area contributed by atoms with Crippen LogP contribution in [0, 0.1) is 6.92 Å². The van der Waals surface area contributed by atoms with E-state index < -0.39 is 17.2 Å². The van der Waals surface area contributed by atoms with Crippen LogP contribution in [0.2, 0.25) is 0 Å². The molecule has 4 rings (SSSR count). The van der Waals surface area contributed by atoms with Crippen LogP contribution in [0.1, 0.15) is 30.0 Å². The van der Waals surface area contributed by atoms with Gasteiger partial charge in [0, 0.05) is 11.5 Å². The molecule has 1 N–H and O–H groups in total. The molecule has 6 heteroatoms. The van der Waals surface area contributed by atoms with E-state index in [9.17, 15) is 14.4 Å². The molecule has 1 atom stereocenters. The summed E-state index contributed by atoms with van der Waals surface area (Å²) in [5.74, 6) is -0.320. The Hall–Kier alpha value is -3.41. The van der Waals surface area contributed by atoms with E-state index >= 15 is 0 Å². The van der Waals surface area contributed by atoms with Crippen LogP contribution in [0.3, 0.4) is 0 Å². The maximum atomic E-state index is 13.3. The van der Waals surface area contributed by atoms with Gasteiger partial charge in [-0.25, -0.2) is 9.59 Å². The zero-order valence-corrected chi connectivity index (χ0v) is 15.7. The normalized spacial score (nSPS) is 19.3. The average molecular weight is 376 g/mol. The molecule has 1 aliphatic heterocycles. The molecule has 0 saturated carbocycles. The molecule has 2 heterocycles. The van der Waals surface area contributed by atoms with Crippen molar-refractivity contribution >= 4 is 22.9 Å². The van der Waals surface area contributed by atoms with E-state index in [2.05, 4.69) is 5.32 Å². The number of aryl methyl sites for hydroxylation is 1. The second kappa shape index (κ2) is 6.64. The number of nitrogens with zero attached hydrogens (tertiary/aromatic N) is 1. The fraction of sp³-hybridized carbons (Fsp3) is 0.227. The van der Waals surface area contributed by atoms with Crippen LogP contribution in [0.4, 0.5) is 4.79 Å². The highest BCUT2D eigenvalue weighted by Gasteiger charge is 2.51. The lowest BCUT2D eigenvalue weighted by Crippen LogP contribution is -2.43. The number of carbonyl (C=O) groups is 2. The minimum Gasteiger partial charge on any atom is -0.423 e. The first-order chi connectivity index (χ1) is 13.4. The molecule has 3 amide bonds. The third-order valence-corrected chi connectivity index (χ3v) is 5.29. The average Bonchev–Trinajstić information content (AvgIpc) is 2.93. The lowest BCUT2D eigenvalue weighted by molar-refractivity contribution is -0.132. The molecule has 142 valence electrons. The lowest BCUT2D eigenvalue weighted by atomic mass is 9.87. The predicted octanol–water partition coefficient (Wildman–Crippen LogP) is 3.46. The van der Waals surface area contributed by atoms with Crippen LogP contribution in [0.15, 0.2) is 63.8 Å². The molecule has 1 aromatic heterocycles. The molecule has 28 heavy (non-hydrogen) atoms. The Morgan fingerprint density at radius 3 is 2.50 bits per heavy atom. The molecule has 2 aromatic carbocycles. The Morgan fingerprint density at radius 1 is 1.04 bits per heavy atom. The zero-order chi connectivity index (χ0) is 19.9. The minimum absolute atomic E-state index is 0.00438. The predicted molar refractivity (Wildman–Crippen MR) is 105 cm³/mol. The van der Waals surface area contributed by atoms with Crippen LogP contribution < -0.4 is 10.9 Å². The van der Waals surface area contributed by atoms with E-state index in [0.717, 1.165) is 11.1 Å². The van der Waals surface area contributed by atoms with Crippen molar-refractivity contribution < 1.29 is 14.0 Å². The summed E-state index contributed by atoms with van der Waals surface area (Å²) >= 11 is 0. The Labute approximate surface area is 161 Å². The van der Waals surface area contributed by atoms with Gasteiger partial charge >= 0.3 is 11.7 Å². The quantitative estimate of drug-likeness (QED) is 0.559. The van der Waals surface area contributed by atoms with E-state index in [0.29, 0.717) is 23.0 Å². The van der Waals surface area contributed by atoms with Crippen LogP contribution in [0.25, 0.3) is 11.0 Å². The van der Waals surface area contributed by atoms with Crippen LogP contribution in [0.5, 0.6) is 0 Å². The summed E-state index contributed by atoms with van der Waals surface area (Å²) in [7, 11) is 0. The molecule has 0 aliphatic carbocycles. The maximum absolute atomic E-state index is 13.3. The number of urea groups is 1. The van der Waals surface area contributed by atoms with Gasteiger partial charge in [0.15, 0.2) is 0 Å². The molecule has 1 saturated heterocycles. The summed E-state index contributed by atoms with van der Waals surface area (Å²) < 4.78 is 5.27. The molecular weight excluding hydrogens is 356 g/mol. The van der Waals surface area contributed by atoms with E-state index in [1.54, 1.807) is 6.07 Å². The third kappa shape index (κ3) is 2.78. The Bertz CT molecular complexity index is 1140. The smallest absolute Gasteiger partial charge is 0.336 e. The minimum atomic E-state index is -1.09. The second-order valence-corrected chi connectivity index (χ2v) is 7.04. The number of amides is 3. The van der Waals surface area contributed by atoms with Crippen molar-refractivity contribution in [2.45, 2.75) is 32.4 Å². The molecule has 6 nitrogen and oxygen atoms in total. The summed E-state index contributed by atoms with van der Waals surface area (Å²) in [6, 6.07) is 15.6. The summed E-state index contributed by atoms with van der Waals surface area (Å²) in [4.78, 5) is 39.2. The molecule has 1 aliphatic rings. The van der Waals surface area contributed by atoms with E-state index in [-0.39, 0.29) is 12.5 Å².